The number of aromatic hydroxyl groups is 1. The fraction of sp³-hybridized carbons (Fsp3) is 0.538. The van der Waals surface area contributed by atoms with E-state index < -0.39 is 0 Å². The van der Waals surface area contributed by atoms with Crippen molar-refractivity contribution in [2.75, 3.05) is 7.11 Å². The second kappa shape index (κ2) is 7.41. The zero-order chi connectivity index (χ0) is 12.1. The first-order chi connectivity index (χ1) is 7.54. The standard InChI is InChI=1S/C13H21NO2.ClH/c1-9(2)4-7-12(14)11-6-5-10(16-3)8-13(11)15;/h5-6,8-9,12,15H,4,7,14H2,1-3H3;1H/t12-;/m0./s1. The molecule has 3 N–H and O–H groups in total. The van der Waals surface area contributed by atoms with Gasteiger partial charge >= 0.3 is 0 Å². The summed E-state index contributed by atoms with van der Waals surface area (Å²) in [7, 11) is 1.58. The van der Waals surface area contributed by atoms with E-state index >= 15 is 0 Å². The van der Waals surface area contributed by atoms with Crippen LogP contribution >= 0.6 is 12.4 Å². The number of hydrogen-bond acceptors (Lipinski definition) is 3. The summed E-state index contributed by atoms with van der Waals surface area (Å²) in [4.78, 5) is 0. The van der Waals surface area contributed by atoms with Crippen LogP contribution in [0.3, 0.4) is 0 Å². The van der Waals surface area contributed by atoms with Crippen LogP contribution in [0.5, 0.6) is 11.5 Å². The Balaban J connectivity index is 0.00000256. The lowest BCUT2D eigenvalue weighted by atomic mass is 9.97. The first kappa shape index (κ1) is 16.1. The maximum atomic E-state index is 9.80. The summed E-state index contributed by atoms with van der Waals surface area (Å²) in [5.41, 5.74) is 6.83. The number of benzene rings is 1. The molecule has 0 bridgehead atoms. The Bertz CT molecular complexity index is 342. The van der Waals surface area contributed by atoms with E-state index in [1.807, 2.05) is 12.1 Å². The number of halogens is 1. The van der Waals surface area contributed by atoms with Gasteiger partial charge in [0, 0.05) is 17.7 Å². The number of phenolic OH excluding ortho intramolecular Hbond substituents is 1. The number of rotatable bonds is 5. The van der Waals surface area contributed by atoms with Crippen molar-refractivity contribution in [3.05, 3.63) is 23.8 Å². The van der Waals surface area contributed by atoms with Gasteiger partial charge in [-0.25, -0.2) is 0 Å². The summed E-state index contributed by atoms with van der Waals surface area (Å²) < 4.78 is 5.03. The Labute approximate surface area is 109 Å². The van der Waals surface area contributed by atoms with E-state index in [1.165, 1.54) is 0 Å². The average molecular weight is 260 g/mol. The normalized spacial score (nSPS) is 12.1. The van der Waals surface area contributed by atoms with Crippen molar-refractivity contribution >= 4 is 12.4 Å². The molecule has 1 rings (SSSR count). The summed E-state index contributed by atoms with van der Waals surface area (Å²) in [5, 5.41) is 9.80. The van der Waals surface area contributed by atoms with Gasteiger partial charge in [0.05, 0.1) is 7.11 Å². The van der Waals surface area contributed by atoms with E-state index in [0.29, 0.717) is 11.7 Å². The first-order valence-corrected chi connectivity index (χ1v) is 5.67. The Hall–Kier alpha value is -0.930. The van der Waals surface area contributed by atoms with E-state index in [9.17, 15) is 5.11 Å². The fourth-order valence-corrected chi connectivity index (χ4v) is 1.63. The molecule has 0 aliphatic rings. The highest BCUT2D eigenvalue weighted by Crippen LogP contribution is 2.29. The molecule has 3 nitrogen and oxygen atoms in total. The van der Waals surface area contributed by atoms with Crippen molar-refractivity contribution in [2.45, 2.75) is 32.7 Å². The summed E-state index contributed by atoms with van der Waals surface area (Å²) >= 11 is 0. The molecule has 1 aromatic carbocycles. The Morgan fingerprint density at radius 1 is 1.29 bits per heavy atom. The molecule has 0 spiro atoms. The zero-order valence-corrected chi connectivity index (χ0v) is 11.5. The van der Waals surface area contributed by atoms with Crippen LogP contribution in [-0.2, 0) is 0 Å². The van der Waals surface area contributed by atoms with E-state index in [-0.39, 0.29) is 24.2 Å². The zero-order valence-electron chi connectivity index (χ0n) is 10.6. The molecular formula is C13H22ClNO2. The van der Waals surface area contributed by atoms with E-state index in [4.69, 9.17) is 10.5 Å². The molecule has 0 radical (unpaired) electrons. The van der Waals surface area contributed by atoms with E-state index in [2.05, 4.69) is 13.8 Å². The van der Waals surface area contributed by atoms with Crippen LogP contribution < -0.4 is 10.5 Å². The predicted molar refractivity (Wildman–Crippen MR) is 72.9 cm³/mol. The van der Waals surface area contributed by atoms with Gasteiger partial charge in [-0.15, -0.1) is 12.4 Å². The minimum Gasteiger partial charge on any atom is -0.507 e. The molecule has 0 saturated heterocycles. The number of hydrogen-bond donors (Lipinski definition) is 2. The smallest absolute Gasteiger partial charge is 0.124 e. The predicted octanol–water partition coefficient (Wildman–Crippen LogP) is 3.26. The number of nitrogens with two attached hydrogens (primary N) is 1. The molecule has 0 fully saturated rings. The molecule has 0 aliphatic carbocycles. The Morgan fingerprint density at radius 2 is 1.94 bits per heavy atom. The van der Waals surface area contributed by atoms with Crippen LogP contribution in [0.25, 0.3) is 0 Å². The third-order valence-electron chi connectivity index (χ3n) is 2.69. The molecule has 0 saturated carbocycles. The van der Waals surface area contributed by atoms with Crippen LogP contribution in [0, 0.1) is 5.92 Å². The maximum Gasteiger partial charge on any atom is 0.124 e. The molecule has 0 unspecified atom stereocenters. The minimum absolute atomic E-state index is 0. The summed E-state index contributed by atoms with van der Waals surface area (Å²) in [5.74, 6) is 1.50. The van der Waals surface area contributed by atoms with Crippen molar-refractivity contribution in [1.82, 2.24) is 0 Å². The van der Waals surface area contributed by atoms with Gasteiger partial charge in [0.2, 0.25) is 0 Å². The van der Waals surface area contributed by atoms with Gasteiger partial charge in [0.25, 0.3) is 0 Å². The number of phenols is 1. The van der Waals surface area contributed by atoms with Crippen LogP contribution in [0.15, 0.2) is 18.2 Å². The molecule has 98 valence electrons. The molecule has 0 aliphatic heterocycles. The van der Waals surface area contributed by atoms with Gasteiger partial charge in [-0.3, -0.25) is 0 Å². The second-order valence-corrected chi connectivity index (χ2v) is 4.50. The molecule has 0 heterocycles. The fourth-order valence-electron chi connectivity index (χ4n) is 1.63. The number of ether oxygens (including phenoxy) is 1. The van der Waals surface area contributed by atoms with Crippen LogP contribution in [0.2, 0.25) is 0 Å². The summed E-state index contributed by atoms with van der Waals surface area (Å²) in [6.45, 7) is 4.33. The Morgan fingerprint density at radius 3 is 2.41 bits per heavy atom. The van der Waals surface area contributed by atoms with Crippen LogP contribution in [0.1, 0.15) is 38.3 Å². The van der Waals surface area contributed by atoms with Crippen molar-refractivity contribution in [3.63, 3.8) is 0 Å². The quantitative estimate of drug-likeness (QED) is 0.853. The summed E-state index contributed by atoms with van der Waals surface area (Å²) in [6, 6.07) is 5.15. The lowest BCUT2D eigenvalue weighted by Crippen LogP contribution is -2.11. The monoisotopic (exact) mass is 259 g/mol. The lowest BCUT2D eigenvalue weighted by Gasteiger charge is -2.15. The molecule has 17 heavy (non-hydrogen) atoms. The van der Waals surface area contributed by atoms with Gasteiger partial charge in [-0.2, -0.15) is 0 Å². The van der Waals surface area contributed by atoms with Crippen LogP contribution in [0.4, 0.5) is 0 Å². The molecule has 1 aromatic rings. The van der Waals surface area contributed by atoms with Crippen molar-refractivity contribution in [2.24, 2.45) is 11.7 Å². The van der Waals surface area contributed by atoms with Gasteiger partial charge in [-0.1, -0.05) is 19.9 Å². The van der Waals surface area contributed by atoms with E-state index in [0.717, 1.165) is 18.4 Å². The highest BCUT2D eigenvalue weighted by Gasteiger charge is 2.12. The van der Waals surface area contributed by atoms with Crippen LogP contribution in [-0.4, -0.2) is 12.2 Å². The molecule has 4 heteroatoms. The Kier molecular flexibility index (Phi) is 7.00. The highest BCUT2D eigenvalue weighted by atomic mass is 35.5. The van der Waals surface area contributed by atoms with Gasteiger partial charge in [0.15, 0.2) is 0 Å². The number of methoxy groups -OCH3 is 1. The first-order valence-electron chi connectivity index (χ1n) is 5.67. The van der Waals surface area contributed by atoms with Crippen molar-refractivity contribution < 1.29 is 9.84 Å². The lowest BCUT2D eigenvalue weighted by molar-refractivity contribution is 0.403. The van der Waals surface area contributed by atoms with E-state index in [1.54, 1.807) is 13.2 Å². The molecule has 0 aromatic heterocycles. The maximum absolute atomic E-state index is 9.80. The van der Waals surface area contributed by atoms with Gasteiger partial charge in [-0.05, 0) is 24.8 Å². The molecule has 1 atom stereocenters. The highest BCUT2D eigenvalue weighted by molar-refractivity contribution is 5.85. The average Bonchev–Trinajstić information content (AvgIpc) is 2.25. The SMILES string of the molecule is COc1ccc([C@@H](N)CCC(C)C)c(O)c1.Cl. The molecular weight excluding hydrogens is 238 g/mol. The topological polar surface area (TPSA) is 55.5 Å². The van der Waals surface area contributed by atoms with Crippen molar-refractivity contribution in [3.8, 4) is 11.5 Å². The van der Waals surface area contributed by atoms with Gasteiger partial charge in [0.1, 0.15) is 11.5 Å². The minimum atomic E-state index is -0.103. The second-order valence-electron chi connectivity index (χ2n) is 4.50. The third-order valence-corrected chi connectivity index (χ3v) is 2.69. The van der Waals surface area contributed by atoms with Gasteiger partial charge < -0.3 is 15.6 Å². The summed E-state index contributed by atoms with van der Waals surface area (Å²) in [6.07, 6.45) is 1.95. The van der Waals surface area contributed by atoms with Crippen molar-refractivity contribution in [1.29, 1.82) is 0 Å². The molecule has 0 amide bonds. The third kappa shape index (κ3) is 4.84. The largest absolute Gasteiger partial charge is 0.507 e.